The van der Waals surface area contributed by atoms with E-state index in [4.69, 9.17) is 0 Å². The van der Waals surface area contributed by atoms with E-state index in [0.717, 1.165) is 36.8 Å². The Balaban J connectivity index is 1.62. The molecule has 2 aliphatic rings. The summed E-state index contributed by atoms with van der Waals surface area (Å²) in [6.07, 6.45) is 7.62. The van der Waals surface area contributed by atoms with Crippen LogP contribution in [0.5, 0.6) is 0 Å². The van der Waals surface area contributed by atoms with E-state index >= 15 is 0 Å². The molecule has 0 N–H and O–H groups in total. The van der Waals surface area contributed by atoms with Gasteiger partial charge in [-0.1, -0.05) is 48.7 Å². The van der Waals surface area contributed by atoms with E-state index in [2.05, 4.69) is 36.2 Å². The van der Waals surface area contributed by atoms with E-state index in [1.54, 1.807) is 17.3 Å². The number of hydrogen-bond acceptors (Lipinski definition) is 4. The maximum atomic E-state index is 13.6. The van der Waals surface area contributed by atoms with Crippen molar-refractivity contribution in [2.75, 3.05) is 12.3 Å². The normalized spacial score (nSPS) is 26.5. The molecule has 160 valence electrons. The minimum absolute atomic E-state index is 0.0127. The fourth-order valence-electron chi connectivity index (χ4n) is 5.14. The van der Waals surface area contributed by atoms with Gasteiger partial charge in [-0.05, 0) is 49.3 Å². The van der Waals surface area contributed by atoms with E-state index in [0.29, 0.717) is 13.0 Å². The van der Waals surface area contributed by atoms with Gasteiger partial charge in [-0.15, -0.1) is 0 Å². The van der Waals surface area contributed by atoms with Gasteiger partial charge in [-0.25, -0.2) is 8.42 Å². The second-order valence-corrected chi connectivity index (χ2v) is 11.3. The number of benzene rings is 1. The fourth-order valence-corrected chi connectivity index (χ4v) is 7.51. The molecule has 1 aliphatic heterocycles. The molecule has 2 unspecified atom stereocenters. The summed E-state index contributed by atoms with van der Waals surface area (Å²) in [5, 5.41) is 0. The molecule has 1 spiro atoms. The second-order valence-electron chi connectivity index (χ2n) is 8.87. The molecule has 30 heavy (non-hydrogen) atoms. The van der Waals surface area contributed by atoms with Gasteiger partial charge in [0.15, 0.2) is 9.84 Å². The molecular weight excluding hydrogens is 396 g/mol. The van der Waals surface area contributed by atoms with Crippen molar-refractivity contribution >= 4 is 15.7 Å². The number of hydrogen-bond donors (Lipinski definition) is 0. The van der Waals surface area contributed by atoms with Crippen LogP contribution in [-0.4, -0.2) is 41.3 Å². The number of aromatic nitrogens is 1. The molecule has 2 atom stereocenters. The Bertz CT molecular complexity index is 989. The number of nitrogens with zero attached hydrogens (tertiary/aromatic N) is 2. The number of carbonyl (C=O) groups is 1. The van der Waals surface area contributed by atoms with E-state index in [1.165, 1.54) is 5.56 Å². The van der Waals surface area contributed by atoms with Crippen molar-refractivity contribution in [3.63, 3.8) is 0 Å². The number of sulfone groups is 1. The molecule has 1 aromatic carbocycles. The first-order valence-corrected chi connectivity index (χ1v) is 12.5. The molecule has 2 fully saturated rings. The predicted molar refractivity (Wildman–Crippen MR) is 118 cm³/mol. The number of amides is 1. The minimum atomic E-state index is -3.40. The van der Waals surface area contributed by atoms with E-state index < -0.39 is 14.6 Å². The number of pyridine rings is 1. The molecule has 4 rings (SSSR count). The van der Waals surface area contributed by atoms with Crippen LogP contribution in [0.1, 0.15) is 48.8 Å². The Morgan fingerprint density at radius 3 is 2.67 bits per heavy atom. The zero-order valence-corrected chi connectivity index (χ0v) is 18.4. The zero-order chi connectivity index (χ0) is 21.2. The van der Waals surface area contributed by atoms with Crippen molar-refractivity contribution < 1.29 is 13.2 Å². The lowest BCUT2D eigenvalue weighted by molar-refractivity contribution is -0.132. The lowest BCUT2D eigenvalue weighted by Crippen LogP contribution is -2.50. The molecule has 1 aromatic heterocycles. The molecular formula is C24H30N2O3S. The lowest BCUT2D eigenvalue weighted by Gasteiger charge is -2.42. The average Bonchev–Trinajstić information content (AvgIpc) is 2.82. The van der Waals surface area contributed by atoms with Crippen molar-refractivity contribution in [3.05, 3.63) is 65.5 Å². The molecule has 0 radical (unpaired) electrons. The van der Waals surface area contributed by atoms with Gasteiger partial charge < -0.3 is 4.90 Å². The summed E-state index contributed by atoms with van der Waals surface area (Å²) in [4.78, 5) is 19.1. The smallest absolute Gasteiger partial charge is 0.224 e. The van der Waals surface area contributed by atoms with Crippen molar-refractivity contribution in [2.24, 2.45) is 5.92 Å². The number of carbonyl (C=O) groups excluding carboxylic acids is 1. The summed E-state index contributed by atoms with van der Waals surface area (Å²) in [5.41, 5.74) is 3.28. The maximum absolute atomic E-state index is 13.6. The quantitative estimate of drug-likeness (QED) is 0.747. The van der Waals surface area contributed by atoms with Crippen LogP contribution in [0.4, 0.5) is 0 Å². The van der Waals surface area contributed by atoms with Crippen molar-refractivity contribution in [3.8, 4) is 0 Å². The van der Waals surface area contributed by atoms with Gasteiger partial charge in [0.05, 0.1) is 10.5 Å². The first-order chi connectivity index (χ1) is 14.4. The molecule has 0 bridgehead atoms. The Hall–Kier alpha value is -2.21. The van der Waals surface area contributed by atoms with Crippen LogP contribution in [0.2, 0.25) is 0 Å². The highest BCUT2D eigenvalue weighted by Gasteiger charge is 2.53. The number of aryl methyl sites for hydroxylation is 1. The first-order valence-electron chi connectivity index (χ1n) is 10.8. The van der Waals surface area contributed by atoms with Gasteiger partial charge in [0, 0.05) is 31.9 Å². The highest BCUT2D eigenvalue weighted by atomic mass is 32.2. The van der Waals surface area contributed by atoms with E-state index in [1.807, 2.05) is 12.1 Å². The van der Waals surface area contributed by atoms with Crippen molar-refractivity contribution in [2.45, 2.75) is 56.7 Å². The largest absolute Gasteiger partial charge is 0.337 e. The van der Waals surface area contributed by atoms with Crippen LogP contribution in [0.15, 0.2) is 48.8 Å². The molecule has 1 amide bonds. The monoisotopic (exact) mass is 426 g/mol. The van der Waals surface area contributed by atoms with Crippen LogP contribution in [0, 0.1) is 12.8 Å². The van der Waals surface area contributed by atoms with Crippen molar-refractivity contribution in [1.82, 2.24) is 9.88 Å². The highest BCUT2D eigenvalue weighted by molar-refractivity contribution is 7.92. The molecule has 1 saturated carbocycles. The van der Waals surface area contributed by atoms with E-state index in [-0.39, 0.29) is 30.5 Å². The molecule has 5 nitrogen and oxygen atoms in total. The Kier molecular flexibility index (Phi) is 5.96. The summed E-state index contributed by atoms with van der Waals surface area (Å²) in [5.74, 6) is -0.0133. The topological polar surface area (TPSA) is 67.3 Å². The van der Waals surface area contributed by atoms with Gasteiger partial charge in [-0.2, -0.15) is 0 Å². The second kappa shape index (κ2) is 8.50. The Morgan fingerprint density at radius 2 is 1.93 bits per heavy atom. The maximum Gasteiger partial charge on any atom is 0.224 e. The third kappa shape index (κ3) is 4.15. The van der Waals surface area contributed by atoms with Crippen LogP contribution >= 0.6 is 0 Å². The summed E-state index contributed by atoms with van der Waals surface area (Å²) >= 11 is 0. The van der Waals surface area contributed by atoms with Gasteiger partial charge in [0.1, 0.15) is 0 Å². The number of rotatable bonds is 4. The summed E-state index contributed by atoms with van der Waals surface area (Å²) < 4.78 is 26.2. The molecule has 2 heterocycles. The minimum Gasteiger partial charge on any atom is -0.337 e. The van der Waals surface area contributed by atoms with Gasteiger partial charge in [0.25, 0.3) is 0 Å². The third-order valence-electron chi connectivity index (χ3n) is 6.90. The van der Waals surface area contributed by atoms with Crippen LogP contribution in [-0.2, 0) is 27.6 Å². The predicted octanol–water partition coefficient (Wildman–Crippen LogP) is 3.71. The van der Waals surface area contributed by atoms with Crippen LogP contribution in [0.25, 0.3) is 0 Å². The molecule has 1 aliphatic carbocycles. The standard InChI is InChI=1S/C24H30N2O3S/c1-19-7-9-20(10-8-19)15-22-6-2-3-11-24(22)16-23(27)26(13-14-30(24,28)29)18-21-5-4-12-25-17-21/h4-5,7-10,12,17,22H,2-3,6,11,13-16,18H2,1H3. The fraction of sp³-hybridized carbons (Fsp3) is 0.500. The van der Waals surface area contributed by atoms with Gasteiger partial charge in [0.2, 0.25) is 5.91 Å². The summed E-state index contributed by atoms with van der Waals surface area (Å²) in [6, 6.07) is 12.1. The molecule has 6 heteroatoms. The summed E-state index contributed by atoms with van der Waals surface area (Å²) in [7, 11) is -3.40. The van der Waals surface area contributed by atoms with Crippen LogP contribution in [0.3, 0.4) is 0 Å². The van der Waals surface area contributed by atoms with Crippen LogP contribution < -0.4 is 0 Å². The van der Waals surface area contributed by atoms with Crippen molar-refractivity contribution in [1.29, 1.82) is 0 Å². The third-order valence-corrected chi connectivity index (χ3v) is 9.54. The zero-order valence-electron chi connectivity index (χ0n) is 17.6. The average molecular weight is 427 g/mol. The SMILES string of the molecule is Cc1ccc(CC2CCCCC23CC(=O)N(Cc2cccnc2)CCS3(=O)=O)cc1. The summed E-state index contributed by atoms with van der Waals surface area (Å²) in [6.45, 7) is 2.73. The Labute approximate surface area is 179 Å². The van der Waals surface area contributed by atoms with E-state index in [9.17, 15) is 13.2 Å². The van der Waals surface area contributed by atoms with Gasteiger partial charge in [-0.3, -0.25) is 9.78 Å². The highest BCUT2D eigenvalue weighted by Crippen LogP contribution is 2.46. The molecule has 1 saturated heterocycles. The first kappa shape index (κ1) is 21.0. The van der Waals surface area contributed by atoms with Gasteiger partial charge >= 0.3 is 0 Å². The molecule has 2 aromatic rings. The lowest BCUT2D eigenvalue weighted by atomic mass is 9.73. The Morgan fingerprint density at radius 1 is 1.13 bits per heavy atom.